The summed E-state index contributed by atoms with van der Waals surface area (Å²) in [5, 5.41) is 0. The van der Waals surface area contributed by atoms with Crippen molar-refractivity contribution in [1.82, 2.24) is 9.97 Å². The van der Waals surface area contributed by atoms with Gasteiger partial charge in [-0.15, -0.1) is 23.2 Å². The van der Waals surface area contributed by atoms with Crippen LogP contribution < -0.4 is 0 Å². The Morgan fingerprint density at radius 1 is 1.28 bits per heavy atom. The number of halogens is 2. The van der Waals surface area contributed by atoms with Crippen LogP contribution in [0.5, 0.6) is 0 Å². The standard InChI is InChI=1S/C13H12Cl2N2O/c14-13(15)6-10(7-13)12-17-11(8-18-12)5-9-1-3-16-4-2-9/h1-4,8,10H,5-7H2. The van der Waals surface area contributed by atoms with Gasteiger partial charge in [-0.1, -0.05) is 0 Å². The summed E-state index contributed by atoms with van der Waals surface area (Å²) in [4.78, 5) is 8.47. The normalized spacial score (nSPS) is 18.6. The van der Waals surface area contributed by atoms with E-state index in [2.05, 4.69) is 9.97 Å². The summed E-state index contributed by atoms with van der Waals surface area (Å²) in [7, 11) is 0. The number of hydrogen-bond donors (Lipinski definition) is 0. The van der Waals surface area contributed by atoms with Crippen LogP contribution in [0.3, 0.4) is 0 Å². The van der Waals surface area contributed by atoms with E-state index in [1.165, 1.54) is 5.56 Å². The van der Waals surface area contributed by atoms with Gasteiger partial charge in [-0.05, 0) is 30.5 Å². The third kappa shape index (κ3) is 2.52. The van der Waals surface area contributed by atoms with Crippen molar-refractivity contribution in [3.8, 4) is 0 Å². The molecule has 0 radical (unpaired) electrons. The maximum absolute atomic E-state index is 5.97. The lowest BCUT2D eigenvalue weighted by Crippen LogP contribution is -2.31. The Morgan fingerprint density at radius 2 is 2.00 bits per heavy atom. The van der Waals surface area contributed by atoms with Crippen molar-refractivity contribution in [1.29, 1.82) is 0 Å². The van der Waals surface area contributed by atoms with E-state index in [4.69, 9.17) is 27.6 Å². The minimum atomic E-state index is -0.593. The smallest absolute Gasteiger partial charge is 0.197 e. The lowest BCUT2D eigenvalue weighted by molar-refractivity contribution is 0.317. The lowest BCUT2D eigenvalue weighted by Gasteiger charge is -2.35. The Bertz CT molecular complexity index is 531. The summed E-state index contributed by atoms with van der Waals surface area (Å²) in [6.07, 6.45) is 7.44. The first kappa shape index (κ1) is 12.0. The number of aromatic nitrogens is 2. The van der Waals surface area contributed by atoms with Crippen molar-refractivity contribution in [3.05, 3.63) is 47.9 Å². The van der Waals surface area contributed by atoms with Gasteiger partial charge in [-0.25, -0.2) is 4.98 Å². The fraction of sp³-hybridized carbons (Fsp3) is 0.385. The zero-order valence-corrected chi connectivity index (χ0v) is 11.2. The largest absolute Gasteiger partial charge is 0.448 e. The Labute approximate surface area is 115 Å². The summed E-state index contributed by atoms with van der Waals surface area (Å²) in [5.74, 6) is 1.00. The quantitative estimate of drug-likeness (QED) is 0.806. The van der Waals surface area contributed by atoms with Gasteiger partial charge in [-0.3, -0.25) is 4.98 Å². The Balaban J connectivity index is 1.67. The molecule has 0 aromatic carbocycles. The van der Waals surface area contributed by atoms with Crippen LogP contribution in [-0.4, -0.2) is 14.3 Å². The monoisotopic (exact) mass is 282 g/mol. The number of rotatable bonds is 3. The molecule has 0 saturated heterocycles. The summed E-state index contributed by atoms with van der Waals surface area (Å²) in [6.45, 7) is 0. The van der Waals surface area contributed by atoms with Crippen molar-refractivity contribution in [3.63, 3.8) is 0 Å². The van der Waals surface area contributed by atoms with Gasteiger partial charge in [0.25, 0.3) is 0 Å². The van der Waals surface area contributed by atoms with Crippen molar-refractivity contribution in [2.24, 2.45) is 0 Å². The van der Waals surface area contributed by atoms with E-state index in [-0.39, 0.29) is 5.92 Å². The predicted molar refractivity (Wildman–Crippen MR) is 70.0 cm³/mol. The van der Waals surface area contributed by atoms with Crippen molar-refractivity contribution in [2.45, 2.75) is 29.5 Å². The molecule has 0 amide bonds. The molecule has 0 bridgehead atoms. The zero-order chi connectivity index (χ0) is 12.6. The average molecular weight is 283 g/mol. The second-order valence-corrected chi connectivity index (χ2v) is 6.31. The highest BCUT2D eigenvalue weighted by atomic mass is 35.5. The van der Waals surface area contributed by atoms with Crippen molar-refractivity contribution in [2.75, 3.05) is 0 Å². The average Bonchev–Trinajstić information content (AvgIpc) is 2.75. The summed E-state index contributed by atoms with van der Waals surface area (Å²) in [6, 6.07) is 3.94. The van der Waals surface area contributed by atoms with Gasteiger partial charge in [0.05, 0.1) is 5.69 Å². The molecule has 1 aliphatic rings. The molecular weight excluding hydrogens is 271 g/mol. The number of hydrogen-bond acceptors (Lipinski definition) is 3. The van der Waals surface area contributed by atoms with Gasteiger partial charge in [0.15, 0.2) is 5.89 Å². The molecule has 5 heteroatoms. The summed E-state index contributed by atoms with van der Waals surface area (Å²) in [5.41, 5.74) is 2.10. The van der Waals surface area contributed by atoms with E-state index in [9.17, 15) is 0 Å². The Hall–Kier alpha value is -1.06. The van der Waals surface area contributed by atoms with E-state index >= 15 is 0 Å². The minimum absolute atomic E-state index is 0.256. The second-order valence-electron chi connectivity index (χ2n) is 4.67. The Morgan fingerprint density at radius 3 is 2.67 bits per heavy atom. The SMILES string of the molecule is ClC1(Cl)CC(c2nc(Cc3ccncc3)co2)C1. The van der Waals surface area contributed by atoms with Crippen molar-refractivity contribution >= 4 is 23.2 Å². The number of nitrogens with zero attached hydrogens (tertiary/aromatic N) is 2. The van der Waals surface area contributed by atoms with Gasteiger partial charge >= 0.3 is 0 Å². The predicted octanol–water partition coefficient (Wildman–Crippen LogP) is 3.71. The molecule has 1 saturated carbocycles. The van der Waals surface area contributed by atoms with E-state index in [1.807, 2.05) is 12.1 Å². The molecular formula is C13H12Cl2N2O. The highest BCUT2D eigenvalue weighted by molar-refractivity contribution is 6.49. The van der Waals surface area contributed by atoms with Gasteiger partial charge in [-0.2, -0.15) is 0 Å². The fourth-order valence-corrected chi connectivity index (χ4v) is 2.88. The van der Waals surface area contributed by atoms with Crippen LogP contribution in [-0.2, 0) is 6.42 Å². The van der Waals surface area contributed by atoms with E-state index < -0.39 is 4.33 Å². The lowest BCUT2D eigenvalue weighted by atomic mass is 9.84. The molecule has 1 fully saturated rings. The van der Waals surface area contributed by atoms with Crippen molar-refractivity contribution < 1.29 is 4.42 Å². The molecule has 18 heavy (non-hydrogen) atoms. The third-order valence-electron chi connectivity index (χ3n) is 3.14. The first-order chi connectivity index (χ1) is 8.62. The molecule has 2 aromatic heterocycles. The van der Waals surface area contributed by atoms with Crippen LogP contribution in [0.25, 0.3) is 0 Å². The van der Waals surface area contributed by atoms with Crippen LogP contribution in [0.15, 0.2) is 35.2 Å². The van der Waals surface area contributed by atoms with Gasteiger partial charge in [0, 0.05) is 24.7 Å². The molecule has 0 N–H and O–H groups in total. The fourth-order valence-electron chi connectivity index (χ4n) is 2.14. The maximum Gasteiger partial charge on any atom is 0.197 e. The van der Waals surface area contributed by atoms with E-state index in [0.29, 0.717) is 12.8 Å². The zero-order valence-electron chi connectivity index (χ0n) is 9.64. The van der Waals surface area contributed by atoms with Gasteiger partial charge in [0.2, 0.25) is 0 Å². The molecule has 2 heterocycles. The molecule has 0 atom stereocenters. The van der Waals surface area contributed by atoms with Gasteiger partial charge in [0.1, 0.15) is 10.6 Å². The third-order valence-corrected chi connectivity index (χ3v) is 3.76. The van der Waals surface area contributed by atoms with Crippen LogP contribution in [0.2, 0.25) is 0 Å². The summed E-state index contributed by atoms with van der Waals surface area (Å²) >= 11 is 11.9. The topological polar surface area (TPSA) is 38.9 Å². The van der Waals surface area contributed by atoms with Crippen LogP contribution >= 0.6 is 23.2 Å². The molecule has 1 aliphatic carbocycles. The maximum atomic E-state index is 5.97. The minimum Gasteiger partial charge on any atom is -0.448 e. The van der Waals surface area contributed by atoms with Gasteiger partial charge < -0.3 is 4.42 Å². The Kier molecular flexibility index (Phi) is 3.04. The highest BCUT2D eigenvalue weighted by Gasteiger charge is 2.44. The number of pyridine rings is 1. The number of oxazole rings is 1. The molecule has 0 aliphatic heterocycles. The first-order valence-corrected chi connectivity index (χ1v) is 6.59. The molecule has 0 spiro atoms. The number of alkyl halides is 2. The molecule has 94 valence electrons. The van der Waals surface area contributed by atoms with E-state index in [1.54, 1.807) is 18.7 Å². The highest BCUT2D eigenvalue weighted by Crippen LogP contribution is 2.51. The van der Waals surface area contributed by atoms with E-state index in [0.717, 1.165) is 18.0 Å². The van der Waals surface area contributed by atoms with Crippen LogP contribution in [0.4, 0.5) is 0 Å². The van der Waals surface area contributed by atoms with Crippen LogP contribution in [0.1, 0.15) is 35.9 Å². The first-order valence-electron chi connectivity index (χ1n) is 5.83. The molecule has 0 unspecified atom stereocenters. The second kappa shape index (κ2) is 4.56. The summed E-state index contributed by atoms with van der Waals surface area (Å²) < 4.78 is 4.90. The molecule has 3 rings (SSSR count). The van der Waals surface area contributed by atoms with Crippen LogP contribution in [0, 0.1) is 0 Å². The molecule has 3 nitrogen and oxygen atoms in total. The molecule has 2 aromatic rings.